The Morgan fingerprint density at radius 1 is 0.370 bits per heavy atom. The molecule has 0 spiro atoms. The summed E-state index contributed by atoms with van der Waals surface area (Å²) < 4.78 is 62.7. The van der Waals surface area contributed by atoms with Gasteiger partial charge in [0.05, 0.1) is 0 Å². The summed E-state index contributed by atoms with van der Waals surface area (Å²) in [7, 11) is 0. The fourth-order valence-electron chi connectivity index (χ4n) is 5.54. The summed E-state index contributed by atoms with van der Waals surface area (Å²) in [5, 5.41) is 0. The van der Waals surface area contributed by atoms with E-state index in [4.69, 9.17) is 0 Å². The molecule has 0 saturated heterocycles. The van der Waals surface area contributed by atoms with Gasteiger partial charge in [-0.2, -0.15) is 0 Å². The standard InChI is InChI=1S/C38H62I.6FH.Sb/c1-3-5-7-9-11-13-15-17-19-21-23-25-35-27-31-37(32-28-35)39-38-33-29-36(30-34-38)26-24-22-20-18-16-14-12-10-8-6-4-2;;;;;;;/h27-34H,3-26H2,1-2H3;6*1H;/q+1;;;;;;;+5/p-6. The van der Waals surface area contributed by atoms with E-state index in [9.17, 15) is 16.9 Å². The van der Waals surface area contributed by atoms with Gasteiger partial charge in [-0.25, -0.2) is 0 Å². The van der Waals surface area contributed by atoms with Crippen molar-refractivity contribution in [1.29, 1.82) is 0 Å². The van der Waals surface area contributed by atoms with Crippen LogP contribution in [0.15, 0.2) is 48.5 Å². The Morgan fingerprint density at radius 3 is 0.826 bits per heavy atom. The Hall–Kier alpha value is -0.432. The first-order valence-corrected chi connectivity index (χ1v) is 26.1. The predicted octanol–water partition coefficient (Wildman–Crippen LogP) is 11.7. The van der Waals surface area contributed by atoms with Gasteiger partial charge in [0.15, 0.2) is 7.14 Å². The summed E-state index contributed by atoms with van der Waals surface area (Å²) in [5.41, 5.74) is 3.06. The quantitative estimate of drug-likeness (QED) is 0.0382. The van der Waals surface area contributed by atoms with Gasteiger partial charge in [-0.1, -0.05) is 167 Å². The van der Waals surface area contributed by atoms with Gasteiger partial charge in [0.2, 0.25) is 0 Å². The average molecular weight is 882 g/mol. The number of halogens is 7. The van der Waals surface area contributed by atoms with Gasteiger partial charge in [-0.05, 0) is 61.1 Å². The summed E-state index contributed by atoms with van der Waals surface area (Å²) in [6.45, 7) is 4.60. The molecule has 0 saturated carbocycles. The third-order valence-corrected chi connectivity index (χ3v) is 10.9. The molecule has 0 nitrogen and oxygen atoms in total. The number of benzene rings is 2. The molecule has 0 amide bonds. The van der Waals surface area contributed by atoms with Crippen LogP contribution < -0.4 is 21.2 Å². The van der Waals surface area contributed by atoms with E-state index in [1.165, 1.54) is 165 Å². The molecule has 0 bridgehead atoms. The average Bonchev–Trinajstić information content (AvgIpc) is 2.99. The van der Waals surface area contributed by atoms with E-state index in [1.54, 1.807) is 7.14 Å². The SMILES string of the molecule is CCCCCCCCCCCCCc1ccc([I+]c2ccc(CCCCCCCCCCCCC)cc2)cc1.[F][Sb-]([F])([F])([F])([F])[F]. The van der Waals surface area contributed by atoms with Crippen LogP contribution in [0.4, 0.5) is 16.9 Å². The molecular weight excluding hydrogens is 819 g/mol. The summed E-state index contributed by atoms with van der Waals surface area (Å²) in [4.78, 5) is 0. The van der Waals surface area contributed by atoms with Crippen molar-refractivity contribution in [3.63, 3.8) is 0 Å². The monoisotopic (exact) mass is 880 g/mol. The number of rotatable bonds is 26. The molecule has 8 heteroatoms. The number of hydrogen-bond donors (Lipinski definition) is 0. The maximum absolute atomic E-state index is 11.2. The van der Waals surface area contributed by atoms with Gasteiger partial charge >= 0.3 is 57.6 Å². The van der Waals surface area contributed by atoms with Crippen molar-refractivity contribution in [3.8, 4) is 0 Å². The summed E-state index contributed by atoms with van der Waals surface area (Å²) in [5.74, 6) is 0. The molecule has 2 rings (SSSR count). The Labute approximate surface area is 290 Å². The number of hydrogen-bond acceptors (Lipinski definition) is 0. The van der Waals surface area contributed by atoms with Crippen LogP contribution in [0.1, 0.15) is 166 Å². The molecule has 0 aliphatic heterocycles. The molecule has 0 atom stereocenters. The molecule has 268 valence electrons. The van der Waals surface area contributed by atoms with E-state index in [2.05, 4.69) is 62.4 Å². The van der Waals surface area contributed by atoms with Gasteiger partial charge in [-0.15, -0.1) is 0 Å². The van der Waals surface area contributed by atoms with Crippen LogP contribution in [0.25, 0.3) is 0 Å². The van der Waals surface area contributed by atoms with E-state index < -0.39 is 19.5 Å². The van der Waals surface area contributed by atoms with Crippen molar-refractivity contribution in [2.24, 2.45) is 0 Å². The summed E-state index contributed by atoms with van der Waals surface area (Å²) in [6.07, 6.45) is 33.8. The first kappa shape index (κ1) is 43.6. The summed E-state index contributed by atoms with van der Waals surface area (Å²) >= 11 is -11.3. The molecular formula is C38H62F6ISb. The van der Waals surface area contributed by atoms with E-state index in [-0.39, 0.29) is 21.2 Å². The van der Waals surface area contributed by atoms with E-state index in [0.29, 0.717) is 0 Å². The maximum atomic E-state index is 9.93. The van der Waals surface area contributed by atoms with Crippen molar-refractivity contribution in [2.75, 3.05) is 0 Å². The Kier molecular flexibility index (Phi) is 22.6. The Bertz CT molecular complexity index is 912. The predicted molar refractivity (Wildman–Crippen MR) is 183 cm³/mol. The van der Waals surface area contributed by atoms with E-state index in [1.807, 2.05) is 0 Å². The van der Waals surface area contributed by atoms with Crippen LogP contribution in [0.3, 0.4) is 0 Å². The molecule has 0 radical (unpaired) electrons. The van der Waals surface area contributed by atoms with Crippen molar-refractivity contribution in [1.82, 2.24) is 0 Å². The van der Waals surface area contributed by atoms with Crippen LogP contribution in [-0.4, -0.2) is 19.5 Å². The zero-order valence-corrected chi connectivity index (χ0v) is 33.4. The van der Waals surface area contributed by atoms with Crippen molar-refractivity contribution >= 4 is 19.5 Å². The molecule has 0 fully saturated rings. The fourth-order valence-corrected chi connectivity index (χ4v) is 7.70. The Balaban J connectivity index is 0.00000135. The first-order valence-electron chi connectivity index (χ1n) is 18.2. The first-order chi connectivity index (χ1) is 21.8. The molecule has 46 heavy (non-hydrogen) atoms. The second-order valence-corrected chi connectivity index (χ2v) is 21.4. The van der Waals surface area contributed by atoms with Crippen molar-refractivity contribution in [3.05, 3.63) is 66.8 Å². The molecule has 0 unspecified atom stereocenters. The molecule has 0 N–H and O–H groups in total. The van der Waals surface area contributed by atoms with Gasteiger partial charge in [0, 0.05) is 0 Å². The minimum atomic E-state index is -11.2. The molecule has 2 aromatic carbocycles. The van der Waals surface area contributed by atoms with E-state index in [0.717, 1.165) is 0 Å². The zero-order valence-electron chi connectivity index (χ0n) is 28.7. The van der Waals surface area contributed by atoms with Gasteiger partial charge in [0.25, 0.3) is 0 Å². The molecule has 0 aromatic heterocycles. The Morgan fingerprint density at radius 2 is 0.587 bits per heavy atom. The second kappa shape index (κ2) is 23.8. The van der Waals surface area contributed by atoms with Gasteiger partial charge in [-0.3, -0.25) is 0 Å². The van der Waals surface area contributed by atoms with Gasteiger partial charge < -0.3 is 0 Å². The van der Waals surface area contributed by atoms with Crippen LogP contribution in [-0.2, 0) is 12.8 Å². The minimum absolute atomic E-state index is 0.0597. The van der Waals surface area contributed by atoms with Crippen molar-refractivity contribution < 1.29 is 38.1 Å². The topological polar surface area (TPSA) is 0 Å². The third kappa shape index (κ3) is 32.1. The van der Waals surface area contributed by atoms with Crippen molar-refractivity contribution in [2.45, 2.75) is 168 Å². The third-order valence-electron chi connectivity index (χ3n) is 8.18. The van der Waals surface area contributed by atoms with Crippen LogP contribution in [0, 0.1) is 7.14 Å². The van der Waals surface area contributed by atoms with Gasteiger partial charge in [0.1, 0.15) is 0 Å². The van der Waals surface area contributed by atoms with Crippen LogP contribution >= 0.6 is 0 Å². The number of aryl methyl sites for hydroxylation is 2. The summed E-state index contributed by atoms with van der Waals surface area (Å²) in [6, 6.07) is 19.2. The van der Waals surface area contributed by atoms with Crippen LogP contribution in [0.5, 0.6) is 0 Å². The molecule has 0 aliphatic carbocycles. The molecule has 2 aromatic rings. The van der Waals surface area contributed by atoms with E-state index >= 15 is 0 Å². The normalized spacial score (nSPS) is 13.1. The zero-order chi connectivity index (χ0) is 34.1. The fraction of sp³-hybridized carbons (Fsp3) is 0.684. The molecule has 0 aliphatic rings. The molecule has 0 heterocycles. The number of unbranched alkanes of at least 4 members (excludes halogenated alkanes) is 20. The second-order valence-electron chi connectivity index (χ2n) is 12.9. The van der Waals surface area contributed by atoms with Crippen LogP contribution in [0.2, 0.25) is 0 Å².